The maximum absolute atomic E-state index is 12.7. The average Bonchev–Trinajstić information content (AvgIpc) is 3.22. The third-order valence-corrected chi connectivity index (χ3v) is 7.46. The zero-order chi connectivity index (χ0) is 19.4. The molecule has 0 amide bonds. The second kappa shape index (κ2) is 8.59. The van der Waals surface area contributed by atoms with Gasteiger partial charge in [-0.05, 0) is 37.0 Å². The van der Waals surface area contributed by atoms with Gasteiger partial charge in [0.05, 0.1) is 6.10 Å². The summed E-state index contributed by atoms with van der Waals surface area (Å²) in [6.07, 6.45) is 5.51. The molecule has 2 fully saturated rings. The van der Waals surface area contributed by atoms with Crippen molar-refractivity contribution < 1.29 is 13.2 Å². The van der Waals surface area contributed by atoms with E-state index in [0.29, 0.717) is 24.8 Å². The molecule has 0 saturated carbocycles. The third kappa shape index (κ3) is 4.21. The Labute approximate surface area is 167 Å². The normalized spacial score (nSPS) is 23.6. The van der Waals surface area contributed by atoms with E-state index < -0.39 is 10.0 Å². The molecule has 4 rings (SSSR count). The van der Waals surface area contributed by atoms with Crippen molar-refractivity contribution in [3.63, 3.8) is 0 Å². The Morgan fingerprint density at radius 3 is 2.57 bits per heavy atom. The Hall–Kier alpha value is -1.96. The summed E-state index contributed by atoms with van der Waals surface area (Å²) in [6.45, 7) is 2.70. The van der Waals surface area contributed by atoms with Crippen LogP contribution in [0.2, 0.25) is 0 Å². The zero-order valence-corrected chi connectivity index (χ0v) is 16.8. The molecule has 7 heteroatoms. The molecule has 2 saturated heterocycles. The number of hydrogen-bond acceptors (Lipinski definition) is 5. The van der Waals surface area contributed by atoms with Crippen LogP contribution in [0, 0.1) is 5.92 Å². The van der Waals surface area contributed by atoms with Crippen molar-refractivity contribution in [2.45, 2.75) is 36.7 Å². The Balaban J connectivity index is 1.38. The van der Waals surface area contributed by atoms with Crippen molar-refractivity contribution in [3.05, 3.63) is 54.2 Å². The van der Waals surface area contributed by atoms with Gasteiger partial charge in [0, 0.05) is 38.4 Å². The number of rotatable bonds is 6. The lowest BCUT2D eigenvalue weighted by Gasteiger charge is -2.25. The predicted octanol–water partition coefficient (Wildman–Crippen LogP) is 3.45. The van der Waals surface area contributed by atoms with Gasteiger partial charge >= 0.3 is 0 Å². The standard InChI is InChI=1S/C21H27N3O3S/c25-28(26,24-12-5-2-6-13-24)19-9-10-20(23-16-19)22-15-18-11-14-27-21(18)17-7-3-1-4-8-17/h1,3-4,7-10,16,18,21H,2,5-6,11-15H2,(H,22,23). The number of aromatic nitrogens is 1. The molecule has 0 bridgehead atoms. The Kier molecular flexibility index (Phi) is 5.94. The topological polar surface area (TPSA) is 71.5 Å². The summed E-state index contributed by atoms with van der Waals surface area (Å²) in [4.78, 5) is 4.61. The summed E-state index contributed by atoms with van der Waals surface area (Å²) in [5.41, 5.74) is 1.20. The lowest BCUT2D eigenvalue weighted by atomic mass is 9.95. The molecule has 0 aliphatic carbocycles. The Morgan fingerprint density at radius 1 is 1.07 bits per heavy atom. The van der Waals surface area contributed by atoms with Crippen LogP contribution in [0.4, 0.5) is 5.82 Å². The highest BCUT2D eigenvalue weighted by Gasteiger charge is 2.29. The number of ether oxygens (including phenoxy) is 1. The fraction of sp³-hybridized carbons (Fsp3) is 0.476. The van der Waals surface area contributed by atoms with Crippen molar-refractivity contribution in [3.8, 4) is 0 Å². The molecular weight excluding hydrogens is 374 g/mol. The highest BCUT2D eigenvalue weighted by atomic mass is 32.2. The molecule has 2 atom stereocenters. The van der Waals surface area contributed by atoms with E-state index in [9.17, 15) is 8.42 Å². The van der Waals surface area contributed by atoms with E-state index in [1.807, 2.05) is 18.2 Å². The molecule has 1 aromatic carbocycles. The Morgan fingerprint density at radius 2 is 1.86 bits per heavy atom. The number of hydrogen-bond donors (Lipinski definition) is 1. The molecule has 1 N–H and O–H groups in total. The molecular formula is C21H27N3O3S. The summed E-state index contributed by atoms with van der Waals surface area (Å²) < 4.78 is 32.9. The van der Waals surface area contributed by atoms with Crippen molar-refractivity contribution in [1.29, 1.82) is 0 Å². The van der Waals surface area contributed by atoms with Gasteiger partial charge in [-0.15, -0.1) is 0 Å². The zero-order valence-electron chi connectivity index (χ0n) is 16.0. The molecule has 150 valence electrons. The first kappa shape index (κ1) is 19.4. The van der Waals surface area contributed by atoms with Crippen LogP contribution in [0.5, 0.6) is 0 Å². The van der Waals surface area contributed by atoms with Gasteiger partial charge in [-0.3, -0.25) is 0 Å². The summed E-state index contributed by atoms with van der Waals surface area (Å²) in [5.74, 6) is 1.05. The second-order valence-electron chi connectivity index (χ2n) is 7.48. The first-order valence-electron chi connectivity index (χ1n) is 10.0. The van der Waals surface area contributed by atoms with E-state index in [4.69, 9.17) is 4.74 Å². The van der Waals surface area contributed by atoms with Crippen LogP contribution in [0.15, 0.2) is 53.6 Å². The van der Waals surface area contributed by atoms with E-state index in [-0.39, 0.29) is 11.0 Å². The van der Waals surface area contributed by atoms with Gasteiger partial charge in [0.2, 0.25) is 10.0 Å². The molecule has 2 aliphatic heterocycles. The Bertz CT molecular complexity index is 866. The van der Waals surface area contributed by atoms with E-state index in [0.717, 1.165) is 38.8 Å². The maximum Gasteiger partial charge on any atom is 0.244 e. The van der Waals surface area contributed by atoms with Gasteiger partial charge in [-0.1, -0.05) is 36.8 Å². The van der Waals surface area contributed by atoms with E-state index in [1.165, 1.54) is 11.8 Å². The van der Waals surface area contributed by atoms with Gasteiger partial charge in [-0.25, -0.2) is 13.4 Å². The predicted molar refractivity (Wildman–Crippen MR) is 109 cm³/mol. The highest BCUT2D eigenvalue weighted by molar-refractivity contribution is 7.89. The number of pyridine rings is 1. The van der Waals surface area contributed by atoms with E-state index in [2.05, 4.69) is 22.4 Å². The van der Waals surface area contributed by atoms with Crippen LogP contribution in [0.1, 0.15) is 37.4 Å². The molecule has 3 heterocycles. The summed E-state index contributed by atoms with van der Waals surface area (Å²) in [5, 5.41) is 3.34. The quantitative estimate of drug-likeness (QED) is 0.803. The molecule has 1 aromatic heterocycles. The number of nitrogens with zero attached hydrogens (tertiary/aromatic N) is 2. The monoisotopic (exact) mass is 401 g/mol. The first-order valence-corrected chi connectivity index (χ1v) is 11.5. The van der Waals surface area contributed by atoms with Crippen LogP contribution >= 0.6 is 0 Å². The molecule has 6 nitrogen and oxygen atoms in total. The number of anilines is 1. The van der Waals surface area contributed by atoms with E-state index in [1.54, 1.807) is 16.4 Å². The van der Waals surface area contributed by atoms with Crippen molar-refractivity contribution >= 4 is 15.8 Å². The highest BCUT2D eigenvalue weighted by Crippen LogP contribution is 2.34. The van der Waals surface area contributed by atoms with Crippen molar-refractivity contribution in [2.24, 2.45) is 5.92 Å². The summed E-state index contributed by atoms with van der Waals surface area (Å²) >= 11 is 0. The van der Waals surface area contributed by atoms with Gasteiger partial charge in [-0.2, -0.15) is 4.31 Å². The average molecular weight is 402 g/mol. The minimum Gasteiger partial charge on any atom is -0.373 e. The van der Waals surface area contributed by atoms with Crippen LogP contribution in [0.3, 0.4) is 0 Å². The van der Waals surface area contributed by atoms with Crippen LogP contribution in [-0.4, -0.2) is 43.9 Å². The largest absolute Gasteiger partial charge is 0.373 e. The van der Waals surface area contributed by atoms with E-state index >= 15 is 0 Å². The van der Waals surface area contributed by atoms with Crippen molar-refractivity contribution in [2.75, 3.05) is 31.6 Å². The number of piperidine rings is 1. The van der Waals surface area contributed by atoms with Crippen LogP contribution in [0.25, 0.3) is 0 Å². The molecule has 2 unspecified atom stereocenters. The lowest BCUT2D eigenvalue weighted by molar-refractivity contribution is 0.0933. The minimum absolute atomic E-state index is 0.0902. The number of nitrogens with one attached hydrogen (secondary N) is 1. The van der Waals surface area contributed by atoms with Crippen LogP contribution < -0.4 is 5.32 Å². The van der Waals surface area contributed by atoms with Gasteiger partial charge in [0.25, 0.3) is 0 Å². The molecule has 0 spiro atoms. The minimum atomic E-state index is -3.43. The lowest BCUT2D eigenvalue weighted by Crippen LogP contribution is -2.35. The van der Waals surface area contributed by atoms with Crippen molar-refractivity contribution in [1.82, 2.24) is 9.29 Å². The molecule has 0 radical (unpaired) electrons. The fourth-order valence-corrected chi connectivity index (χ4v) is 5.44. The maximum atomic E-state index is 12.7. The molecule has 2 aromatic rings. The first-order chi connectivity index (χ1) is 13.6. The van der Waals surface area contributed by atoms with Gasteiger partial charge < -0.3 is 10.1 Å². The second-order valence-corrected chi connectivity index (χ2v) is 9.41. The van der Waals surface area contributed by atoms with Crippen LogP contribution in [-0.2, 0) is 14.8 Å². The SMILES string of the molecule is O=S(=O)(c1ccc(NCC2CCOC2c2ccccc2)nc1)N1CCCCC1. The molecule has 2 aliphatic rings. The van der Waals surface area contributed by atoms with Gasteiger partial charge in [0.15, 0.2) is 0 Å². The third-order valence-electron chi connectivity index (χ3n) is 5.58. The number of benzene rings is 1. The molecule has 28 heavy (non-hydrogen) atoms. The fourth-order valence-electron chi connectivity index (χ4n) is 3.98. The summed E-state index contributed by atoms with van der Waals surface area (Å²) in [6, 6.07) is 13.7. The van der Waals surface area contributed by atoms with Gasteiger partial charge in [0.1, 0.15) is 10.7 Å². The number of sulfonamides is 1. The summed E-state index contributed by atoms with van der Waals surface area (Å²) in [7, 11) is -3.43. The smallest absolute Gasteiger partial charge is 0.244 e.